The minimum atomic E-state index is -1.01. The fraction of sp³-hybridized carbons (Fsp3) is 0.316. The number of fused-ring (bicyclic) bond motifs is 1. The molecule has 0 fully saturated rings. The Morgan fingerprint density at radius 1 is 1.30 bits per heavy atom. The first-order valence-electron chi connectivity index (χ1n) is 8.40. The Balaban J connectivity index is 1.77. The van der Waals surface area contributed by atoms with Gasteiger partial charge in [-0.1, -0.05) is 6.07 Å². The highest BCUT2D eigenvalue weighted by molar-refractivity contribution is 7.21. The Bertz CT molecular complexity index is 1050. The molecule has 0 spiro atoms. The first kappa shape index (κ1) is 19.0. The Labute approximate surface area is 159 Å². The number of rotatable bonds is 4. The zero-order chi connectivity index (χ0) is 19.9. The summed E-state index contributed by atoms with van der Waals surface area (Å²) < 4.78 is 21.7. The first-order chi connectivity index (χ1) is 12.7. The van der Waals surface area contributed by atoms with E-state index in [1.165, 1.54) is 13.0 Å². The summed E-state index contributed by atoms with van der Waals surface area (Å²) in [6, 6.07) is 4.69. The largest absolute Gasteiger partial charge is 0.448 e. The molecule has 0 bridgehead atoms. The molecule has 0 saturated carbocycles. The van der Waals surface area contributed by atoms with E-state index in [9.17, 15) is 14.0 Å². The Hall–Kier alpha value is -2.74. The normalized spacial score (nSPS) is 12.2. The van der Waals surface area contributed by atoms with Gasteiger partial charge in [0.15, 0.2) is 6.10 Å². The van der Waals surface area contributed by atoms with Crippen molar-refractivity contribution >= 4 is 39.0 Å². The molecule has 0 saturated heterocycles. The second kappa shape index (κ2) is 7.11. The molecule has 1 atom stereocenters. The van der Waals surface area contributed by atoms with Crippen molar-refractivity contribution in [3.8, 4) is 0 Å². The van der Waals surface area contributed by atoms with E-state index in [-0.39, 0.29) is 5.82 Å². The molecule has 6 nitrogen and oxygen atoms in total. The van der Waals surface area contributed by atoms with Gasteiger partial charge in [-0.15, -0.1) is 11.3 Å². The standard InChI is InChI=1S/C19H20FN3O3S/c1-9-15-13(20)7-6-8-14(15)27-17(9)19(25)26-12(4)18(24)21-16-10(2)22-23(5)11(16)3/h6-8,12H,1-5H3,(H,21,24)/t12-/m0/s1. The molecular weight excluding hydrogens is 369 g/mol. The highest BCUT2D eigenvalue weighted by atomic mass is 32.1. The second-order valence-corrected chi connectivity index (χ2v) is 7.43. The number of aryl methyl sites for hydroxylation is 3. The number of carbonyl (C=O) groups is 2. The highest BCUT2D eigenvalue weighted by Crippen LogP contribution is 2.33. The van der Waals surface area contributed by atoms with Crippen LogP contribution in [0.3, 0.4) is 0 Å². The van der Waals surface area contributed by atoms with Gasteiger partial charge in [-0.05, 0) is 45.4 Å². The summed E-state index contributed by atoms with van der Waals surface area (Å²) in [5.41, 5.74) is 2.60. The Kier molecular flexibility index (Phi) is 5.01. The molecule has 1 amide bonds. The van der Waals surface area contributed by atoms with Crippen LogP contribution >= 0.6 is 11.3 Å². The number of benzene rings is 1. The third-order valence-corrected chi connectivity index (χ3v) is 5.74. The van der Waals surface area contributed by atoms with E-state index in [0.29, 0.717) is 31.9 Å². The van der Waals surface area contributed by atoms with Gasteiger partial charge in [-0.3, -0.25) is 9.48 Å². The monoisotopic (exact) mass is 389 g/mol. The van der Waals surface area contributed by atoms with Crippen LogP contribution < -0.4 is 5.32 Å². The van der Waals surface area contributed by atoms with E-state index >= 15 is 0 Å². The predicted molar refractivity (Wildman–Crippen MR) is 103 cm³/mol. The van der Waals surface area contributed by atoms with E-state index in [4.69, 9.17) is 4.74 Å². The molecule has 2 heterocycles. The number of hydrogen-bond donors (Lipinski definition) is 1. The van der Waals surface area contributed by atoms with Crippen LogP contribution in [-0.2, 0) is 16.6 Å². The van der Waals surface area contributed by atoms with Crippen molar-refractivity contribution in [3.05, 3.63) is 45.8 Å². The third kappa shape index (κ3) is 3.44. The minimum Gasteiger partial charge on any atom is -0.448 e. The number of ether oxygens (including phenoxy) is 1. The fourth-order valence-corrected chi connectivity index (χ4v) is 4.00. The molecule has 0 unspecified atom stereocenters. The lowest BCUT2D eigenvalue weighted by atomic mass is 10.1. The number of nitrogens with one attached hydrogen (secondary N) is 1. The Morgan fingerprint density at radius 3 is 2.59 bits per heavy atom. The third-order valence-electron chi connectivity index (χ3n) is 4.50. The van der Waals surface area contributed by atoms with Crippen molar-refractivity contribution in [3.63, 3.8) is 0 Å². The molecule has 2 aromatic heterocycles. The summed E-state index contributed by atoms with van der Waals surface area (Å²) in [7, 11) is 1.78. The number of aromatic nitrogens is 2. The predicted octanol–water partition coefficient (Wildman–Crippen LogP) is 3.88. The molecule has 142 valence electrons. The van der Waals surface area contributed by atoms with Crippen LogP contribution in [0.4, 0.5) is 10.1 Å². The van der Waals surface area contributed by atoms with Gasteiger partial charge in [0.2, 0.25) is 0 Å². The molecule has 3 rings (SSSR count). The van der Waals surface area contributed by atoms with E-state index < -0.39 is 18.0 Å². The molecule has 27 heavy (non-hydrogen) atoms. The van der Waals surface area contributed by atoms with Gasteiger partial charge in [0.05, 0.1) is 17.1 Å². The number of esters is 1. The average Bonchev–Trinajstić information content (AvgIpc) is 3.07. The summed E-state index contributed by atoms with van der Waals surface area (Å²) in [5.74, 6) is -1.48. The summed E-state index contributed by atoms with van der Waals surface area (Å²) in [5, 5.41) is 7.40. The van der Waals surface area contributed by atoms with Crippen molar-refractivity contribution < 1.29 is 18.7 Å². The summed E-state index contributed by atoms with van der Waals surface area (Å²) in [6.45, 7) is 6.79. The van der Waals surface area contributed by atoms with Gasteiger partial charge >= 0.3 is 5.97 Å². The lowest BCUT2D eigenvalue weighted by Gasteiger charge is -2.13. The molecule has 0 radical (unpaired) electrons. The minimum absolute atomic E-state index is 0.295. The Morgan fingerprint density at radius 2 is 2.00 bits per heavy atom. The second-order valence-electron chi connectivity index (χ2n) is 6.38. The molecule has 0 aliphatic rings. The molecule has 1 aromatic carbocycles. The van der Waals surface area contributed by atoms with Crippen LogP contribution in [0.2, 0.25) is 0 Å². The van der Waals surface area contributed by atoms with Crippen LogP contribution in [0.15, 0.2) is 18.2 Å². The van der Waals surface area contributed by atoms with Crippen molar-refractivity contribution in [1.29, 1.82) is 0 Å². The van der Waals surface area contributed by atoms with Crippen molar-refractivity contribution in [1.82, 2.24) is 9.78 Å². The summed E-state index contributed by atoms with van der Waals surface area (Å²) >= 11 is 1.15. The van der Waals surface area contributed by atoms with Crippen molar-refractivity contribution in [2.75, 3.05) is 5.32 Å². The fourth-order valence-electron chi connectivity index (χ4n) is 2.90. The number of thiophene rings is 1. The maximum Gasteiger partial charge on any atom is 0.349 e. The maximum absolute atomic E-state index is 14.0. The quantitative estimate of drug-likeness (QED) is 0.687. The van der Waals surface area contributed by atoms with Crippen molar-refractivity contribution in [2.24, 2.45) is 7.05 Å². The number of amides is 1. The van der Waals surface area contributed by atoms with Crippen LogP contribution in [0.5, 0.6) is 0 Å². The van der Waals surface area contributed by atoms with Crippen molar-refractivity contribution in [2.45, 2.75) is 33.8 Å². The SMILES string of the molecule is Cc1nn(C)c(C)c1NC(=O)[C@H](C)OC(=O)c1sc2cccc(F)c2c1C. The lowest BCUT2D eigenvalue weighted by molar-refractivity contribution is -0.123. The molecular formula is C19H20FN3O3S. The molecule has 3 aromatic rings. The molecule has 0 aliphatic heterocycles. The van der Waals surface area contributed by atoms with Crippen LogP contribution in [0, 0.1) is 26.6 Å². The number of halogens is 1. The van der Waals surface area contributed by atoms with E-state index in [2.05, 4.69) is 10.4 Å². The van der Waals surface area contributed by atoms with Gasteiger partial charge < -0.3 is 10.1 Å². The number of carbonyl (C=O) groups excluding carboxylic acids is 2. The summed E-state index contributed by atoms with van der Waals surface area (Å²) in [4.78, 5) is 25.2. The highest BCUT2D eigenvalue weighted by Gasteiger charge is 2.25. The molecule has 0 aliphatic carbocycles. The zero-order valence-electron chi connectivity index (χ0n) is 15.7. The number of nitrogens with zero attached hydrogens (tertiary/aromatic N) is 2. The smallest absolute Gasteiger partial charge is 0.349 e. The number of hydrogen-bond acceptors (Lipinski definition) is 5. The number of anilines is 1. The molecule has 8 heteroatoms. The average molecular weight is 389 g/mol. The van der Waals surface area contributed by atoms with Crippen LogP contribution in [0.25, 0.3) is 10.1 Å². The van der Waals surface area contributed by atoms with Crippen LogP contribution in [0.1, 0.15) is 33.5 Å². The van der Waals surface area contributed by atoms with Gasteiger partial charge in [0.1, 0.15) is 10.7 Å². The van der Waals surface area contributed by atoms with Gasteiger partial charge in [0.25, 0.3) is 5.91 Å². The lowest BCUT2D eigenvalue weighted by Crippen LogP contribution is -2.30. The van der Waals surface area contributed by atoms with E-state index in [1.54, 1.807) is 37.7 Å². The van der Waals surface area contributed by atoms with Gasteiger partial charge in [0, 0.05) is 17.1 Å². The van der Waals surface area contributed by atoms with Crippen LogP contribution in [-0.4, -0.2) is 27.8 Å². The summed E-state index contributed by atoms with van der Waals surface area (Å²) in [6.07, 6.45) is -1.01. The topological polar surface area (TPSA) is 73.2 Å². The zero-order valence-corrected chi connectivity index (χ0v) is 16.5. The van der Waals surface area contributed by atoms with Gasteiger partial charge in [-0.25, -0.2) is 9.18 Å². The van der Waals surface area contributed by atoms with E-state index in [1.807, 2.05) is 6.92 Å². The first-order valence-corrected chi connectivity index (χ1v) is 9.22. The van der Waals surface area contributed by atoms with E-state index in [0.717, 1.165) is 17.0 Å². The molecule has 1 N–H and O–H groups in total. The maximum atomic E-state index is 14.0. The van der Waals surface area contributed by atoms with Gasteiger partial charge in [-0.2, -0.15) is 5.10 Å².